The van der Waals surface area contributed by atoms with E-state index in [9.17, 15) is 19.8 Å². The molecule has 0 radical (unpaired) electrons. The zero-order chi connectivity index (χ0) is 39.4. The minimum absolute atomic E-state index is 0.0123. The summed E-state index contributed by atoms with van der Waals surface area (Å²) in [5.74, 6) is -0.101. The van der Waals surface area contributed by atoms with Crippen LogP contribution in [0.25, 0.3) is 0 Å². The van der Waals surface area contributed by atoms with Crippen molar-refractivity contribution in [1.82, 2.24) is 5.32 Å². The Bertz CT molecular complexity index is 802. The molecule has 0 fully saturated rings. The number of esters is 1. The normalized spacial score (nSPS) is 12.7. The Hall–Kier alpha value is -1.40. The highest BCUT2D eigenvalue weighted by atomic mass is 16.5. The van der Waals surface area contributed by atoms with Gasteiger partial charge in [-0.3, -0.25) is 9.59 Å². The molecule has 0 aromatic heterocycles. The monoisotopic (exact) mass is 764 g/mol. The Morgan fingerprint density at radius 1 is 0.500 bits per heavy atom. The lowest BCUT2D eigenvalue weighted by Gasteiger charge is -2.20. The summed E-state index contributed by atoms with van der Waals surface area (Å²) >= 11 is 0. The molecule has 0 saturated heterocycles. The van der Waals surface area contributed by atoms with E-state index in [1.807, 2.05) is 6.08 Å². The standard InChI is InChI=1S/C48H93NO5/c1-3-5-7-9-11-13-14-15-16-17-18-19-22-26-30-34-38-42-48(53)54-43-39-35-31-27-23-20-21-25-29-33-37-41-47(52)49-45(44-50)46(51)40-36-32-28-24-12-10-8-6-4-2/h36,40,45-46,50-51H,3-35,37-39,41-44H2,1-2H3,(H,49,52)/b40-36+. The van der Waals surface area contributed by atoms with E-state index in [-0.39, 0.29) is 18.5 Å². The number of unbranched alkanes of at least 4 members (excludes halogenated alkanes) is 33. The number of carbonyl (C=O) groups excluding carboxylic acids is 2. The van der Waals surface area contributed by atoms with Gasteiger partial charge in [0.15, 0.2) is 0 Å². The average molecular weight is 764 g/mol. The van der Waals surface area contributed by atoms with Crippen molar-refractivity contribution in [2.75, 3.05) is 13.2 Å². The van der Waals surface area contributed by atoms with Gasteiger partial charge < -0.3 is 20.3 Å². The van der Waals surface area contributed by atoms with Gasteiger partial charge in [0.1, 0.15) is 0 Å². The number of hydrogen-bond acceptors (Lipinski definition) is 5. The van der Waals surface area contributed by atoms with E-state index in [1.54, 1.807) is 6.08 Å². The second-order valence-corrected chi connectivity index (χ2v) is 16.5. The van der Waals surface area contributed by atoms with Crippen LogP contribution in [0.1, 0.15) is 258 Å². The summed E-state index contributed by atoms with van der Waals surface area (Å²) in [4.78, 5) is 24.4. The molecule has 0 spiro atoms. The van der Waals surface area contributed by atoms with Crippen LogP contribution in [0, 0.1) is 0 Å². The molecule has 320 valence electrons. The second kappa shape index (κ2) is 44.3. The van der Waals surface area contributed by atoms with Gasteiger partial charge in [-0.1, -0.05) is 225 Å². The molecule has 2 atom stereocenters. The molecule has 1 amide bonds. The maximum absolute atomic E-state index is 12.3. The zero-order valence-electron chi connectivity index (χ0n) is 36.2. The molecule has 0 rings (SSSR count). The minimum atomic E-state index is -0.853. The van der Waals surface area contributed by atoms with E-state index in [2.05, 4.69) is 19.2 Å². The maximum Gasteiger partial charge on any atom is 0.305 e. The Balaban J connectivity index is 3.44. The van der Waals surface area contributed by atoms with Gasteiger partial charge in [0.05, 0.1) is 25.4 Å². The first-order valence-electron chi connectivity index (χ1n) is 24.0. The fourth-order valence-electron chi connectivity index (χ4n) is 7.34. The predicted molar refractivity (Wildman–Crippen MR) is 232 cm³/mol. The second-order valence-electron chi connectivity index (χ2n) is 16.5. The molecule has 0 aliphatic carbocycles. The largest absolute Gasteiger partial charge is 0.466 e. The Morgan fingerprint density at radius 2 is 0.852 bits per heavy atom. The summed E-state index contributed by atoms with van der Waals surface area (Å²) in [5.41, 5.74) is 0. The number of ether oxygens (including phenoxy) is 1. The number of allylic oxidation sites excluding steroid dienone is 1. The molecule has 0 bridgehead atoms. The van der Waals surface area contributed by atoms with Crippen LogP contribution in [0.3, 0.4) is 0 Å². The number of amides is 1. The van der Waals surface area contributed by atoms with Crippen molar-refractivity contribution in [3.8, 4) is 0 Å². The number of aliphatic hydroxyl groups excluding tert-OH is 2. The quantitative estimate of drug-likeness (QED) is 0.0326. The predicted octanol–water partition coefficient (Wildman–Crippen LogP) is 13.8. The van der Waals surface area contributed by atoms with E-state index >= 15 is 0 Å². The first-order chi connectivity index (χ1) is 26.5. The van der Waals surface area contributed by atoms with E-state index in [0.29, 0.717) is 19.4 Å². The molecule has 0 heterocycles. The van der Waals surface area contributed by atoms with Crippen LogP contribution in [-0.4, -0.2) is 47.4 Å². The smallest absolute Gasteiger partial charge is 0.305 e. The van der Waals surface area contributed by atoms with Gasteiger partial charge in [-0.05, 0) is 32.1 Å². The van der Waals surface area contributed by atoms with Crippen LogP contribution in [0.5, 0.6) is 0 Å². The lowest BCUT2D eigenvalue weighted by molar-refractivity contribution is -0.143. The van der Waals surface area contributed by atoms with Crippen molar-refractivity contribution in [2.24, 2.45) is 0 Å². The zero-order valence-corrected chi connectivity index (χ0v) is 36.2. The third-order valence-corrected chi connectivity index (χ3v) is 11.1. The van der Waals surface area contributed by atoms with Crippen molar-refractivity contribution < 1.29 is 24.5 Å². The Kier molecular flexibility index (Phi) is 43.2. The van der Waals surface area contributed by atoms with Crippen LogP contribution in [0.4, 0.5) is 0 Å². The van der Waals surface area contributed by atoms with Gasteiger partial charge in [0.2, 0.25) is 5.91 Å². The summed E-state index contributed by atoms with van der Waals surface area (Å²) in [6.45, 7) is 4.83. The van der Waals surface area contributed by atoms with Crippen molar-refractivity contribution in [3.05, 3.63) is 12.2 Å². The van der Waals surface area contributed by atoms with Gasteiger partial charge in [-0.15, -0.1) is 0 Å². The van der Waals surface area contributed by atoms with Gasteiger partial charge in [-0.25, -0.2) is 0 Å². The summed E-state index contributed by atoms with van der Waals surface area (Å²) in [6, 6.07) is -0.638. The topological polar surface area (TPSA) is 95.9 Å². The lowest BCUT2D eigenvalue weighted by atomic mass is 10.0. The summed E-state index contributed by atoms with van der Waals surface area (Å²) in [6.07, 6.45) is 49.2. The van der Waals surface area contributed by atoms with Crippen LogP contribution in [0.2, 0.25) is 0 Å². The summed E-state index contributed by atoms with van der Waals surface area (Å²) < 4.78 is 5.46. The third-order valence-electron chi connectivity index (χ3n) is 11.1. The lowest BCUT2D eigenvalue weighted by Crippen LogP contribution is -2.45. The number of rotatable bonds is 44. The highest BCUT2D eigenvalue weighted by molar-refractivity contribution is 5.76. The molecular weight excluding hydrogens is 671 g/mol. The number of carbonyl (C=O) groups is 2. The average Bonchev–Trinajstić information content (AvgIpc) is 3.17. The molecule has 0 aliphatic rings. The maximum atomic E-state index is 12.3. The Labute approximate surface area is 336 Å². The first kappa shape index (κ1) is 52.6. The molecule has 0 aromatic carbocycles. The van der Waals surface area contributed by atoms with Gasteiger partial charge >= 0.3 is 5.97 Å². The highest BCUT2D eigenvalue weighted by Crippen LogP contribution is 2.16. The summed E-state index contributed by atoms with van der Waals surface area (Å²) in [5, 5.41) is 22.9. The van der Waals surface area contributed by atoms with Crippen LogP contribution in [-0.2, 0) is 14.3 Å². The molecule has 0 aromatic rings. The SMILES string of the molecule is CCCCCCCCC/C=C/C(O)C(CO)NC(=O)CCCCCCCCCCCCCOC(=O)CCCCCCCCCCCCCCCCCCC. The van der Waals surface area contributed by atoms with Crippen molar-refractivity contribution >= 4 is 11.9 Å². The molecule has 54 heavy (non-hydrogen) atoms. The molecule has 0 saturated carbocycles. The van der Waals surface area contributed by atoms with E-state index < -0.39 is 12.1 Å². The number of nitrogens with one attached hydrogen (secondary N) is 1. The summed E-state index contributed by atoms with van der Waals surface area (Å²) in [7, 11) is 0. The van der Waals surface area contributed by atoms with Crippen LogP contribution >= 0.6 is 0 Å². The molecule has 6 nitrogen and oxygen atoms in total. The van der Waals surface area contributed by atoms with E-state index in [1.165, 1.54) is 173 Å². The molecule has 3 N–H and O–H groups in total. The molecule has 0 aliphatic heterocycles. The molecule has 2 unspecified atom stereocenters. The fourth-order valence-corrected chi connectivity index (χ4v) is 7.34. The Morgan fingerprint density at radius 3 is 1.26 bits per heavy atom. The number of aliphatic hydroxyl groups is 2. The van der Waals surface area contributed by atoms with Gasteiger partial charge in [0.25, 0.3) is 0 Å². The first-order valence-corrected chi connectivity index (χ1v) is 24.0. The third kappa shape index (κ3) is 40.3. The van der Waals surface area contributed by atoms with Gasteiger partial charge in [-0.2, -0.15) is 0 Å². The van der Waals surface area contributed by atoms with Crippen LogP contribution in [0.15, 0.2) is 12.2 Å². The van der Waals surface area contributed by atoms with Crippen molar-refractivity contribution in [3.63, 3.8) is 0 Å². The fraction of sp³-hybridized carbons (Fsp3) is 0.917. The molecule has 6 heteroatoms. The number of hydrogen-bond donors (Lipinski definition) is 3. The highest BCUT2D eigenvalue weighted by Gasteiger charge is 2.18. The van der Waals surface area contributed by atoms with Crippen LogP contribution < -0.4 is 5.32 Å². The molecular formula is C48H93NO5. The van der Waals surface area contributed by atoms with Crippen molar-refractivity contribution in [2.45, 2.75) is 270 Å². The van der Waals surface area contributed by atoms with Crippen molar-refractivity contribution in [1.29, 1.82) is 0 Å². The minimum Gasteiger partial charge on any atom is -0.466 e. The van der Waals surface area contributed by atoms with E-state index in [4.69, 9.17) is 4.74 Å². The van der Waals surface area contributed by atoms with E-state index in [0.717, 1.165) is 57.8 Å². The van der Waals surface area contributed by atoms with Gasteiger partial charge in [0, 0.05) is 12.8 Å².